The number of methoxy groups -OCH3 is 1. The average Bonchev–Trinajstić information content (AvgIpc) is 2.86. The quantitative estimate of drug-likeness (QED) is 0.862. The summed E-state index contributed by atoms with van der Waals surface area (Å²) < 4.78 is 22.8. The van der Waals surface area contributed by atoms with Gasteiger partial charge in [-0.05, 0) is 12.1 Å². The number of benzene rings is 1. The topological polar surface area (TPSA) is 84.6 Å². The van der Waals surface area contributed by atoms with Gasteiger partial charge in [0, 0.05) is 12.1 Å². The van der Waals surface area contributed by atoms with Crippen LogP contribution < -0.4 is 10.1 Å². The summed E-state index contributed by atoms with van der Waals surface area (Å²) in [6.07, 6.45) is 0. The predicted molar refractivity (Wildman–Crippen MR) is 63.7 cm³/mol. The van der Waals surface area contributed by atoms with Crippen LogP contribution in [0.1, 0.15) is 16.2 Å². The summed E-state index contributed by atoms with van der Waals surface area (Å²) in [6, 6.07) is 5.35. The molecular weight excluding hydrogens is 255 g/mol. The highest BCUT2D eigenvalue weighted by atomic mass is 19.1. The Labute approximate surface area is 107 Å². The zero-order valence-electron chi connectivity index (χ0n) is 10.0. The van der Waals surface area contributed by atoms with Gasteiger partial charge in [0.15, 0.2) is 11.5 Å². The van der Waals surface area contributed by atoms with E-state index in [-0.39, 0.29) is 12.2 Å². The first-order valence-electron chi connectivity index (χ1n) is 5.36. The summed E-state index contributed by atoms with van der Waals surface area (Å²) in [5, 5.41) is 15.0. The number of ether oxygens (including phenoxy) is 1. The van der Waals surface area contributed by atoms with Gasteiger partial charge in [-0.25, -0.2) is 9.18 Å². The number of aromatic nitrogens is 1. The lowest BCUT2D eigenvalue weighted by molar-refractivity contribution is 0.0685. The monoisotopic (exact) mass is 266 g/mol. The Kier molecular flexibility index (Phi) is 3.65. The van der Waals surface area contributed by atoms with Crippen LogP contribution in [0.3, 0.4) is 0 Å². The molecule has 1 aromatic heterocycles. The standard InChI is InChI=1S/C12H11FN2O4/c1-18-11-4-7(13)2-3-9(11)14-6-8-5-10(12(16)17)15-19-8/h2-5,14H,6H2,1H3,(H,16,17). The van der Waals surface area contributed by atoms with E-state index >= 15 is 0 Å². The number of aromatic carboxylic acids is 1. The summed E-state index contributed by atoms with van der Waals surface area (Å²) in [5.41, 5.74) is 0.403. The van der Waals surface area contributed by atoms with Crippen molar-refractivity contribution >= 4 is 11.7 Å². The van der Waals surface area contributed by atoms with Gasteiger partial charge in [0.05, 0.1) is 19.3 Å². The molecule has 1 aromatic carbocycles. The van der Waals surface area contributed by atoms with E-state index in [1.165, 1.54) is 31.4 Å². The van der Waals surface area contributed by atoms with Crippen LogP contribution in [0.5, 0.6) is 5.75 Å². The maximum absolute atomic E-state index is 13.0. The Balaban J connectivity index is 2.07. The molecule has 0 bridgehead atoms. The van der Waals surface area contributed by atoms with E-state index in [0.29, 0.717) is 17.2 Å². The largest absolute Gasteiger partial charge is 0.494 e. The molecule has 0 spiro atoms. The van der Waals surface area contributed by atoms with E-state index in [1.54, 1.807) is 0 Å². The normalized spacial score (nSPS) is 10.2. The molecule has 0 saturated heterocycles. The molecule has 2 N–H and O–H groups in total. The number of hydrogen-bond donors (Lipinski definition) is 2. The van der Waals surface area contributed by atoms with Crippen molar-refractivity contribution in [3.05, 3.63) is 41.5 Å². The Morgan fingerprint density at radius 1 is 1.53 bits per heavy atom. The molecule has 0 radical (unpaired) electrons. The van der Waals surface area contributed by atoms with E-state index in [2.05, 4.69) is 10.5 Å². The van der Waals surface area contributed by atoms with Crippen molar-refractivity contribution in [3.8, 4) is 5.75 Å². The van der Waals surface area contributed by atoms with Crippen molar-refractivity contribution in [1.29, 1.82) is 0 Å². The van der Waals surface area contributed by atoms with E-state index in [1.807, 2.05) is 0 Å². The molecule has 0 amide bonds. The first kappa shape index (κ1) is 12.9. The molecule has 0 unspecified atom stereocenters. The molecule has 0 saturated carbocycles. The minimum Gasteiger partial charge on any atom is -0.494 e. The van der Waals surface area contributed by atoms with Crippen LogP contribution >= 0.6 is 0 Å². The molecule has 2 rings (SSSR count). The molecule has 6 nitrogen and oxygen atoms in total. The predicted octanol–water partition coefficient (Wildman–Crippen LogP) is 2.13. The third-order valence-electron chi connectivity index (χ3n) is 2.39. The Bertz CT molecular complexity index is 597. The summed E-state index contributed by atoms with van der Waals surface area (Å²) in [4.78, 5) is 10.6. The minimum atomic E-state index is -1.16. The van der Waals surface area contributed by atoms with E-state index in [4.69, 9.17) is 14.4 Å². The van der Waals surface area contributed by atoms with E-state index in [0.717, 1.165) is 0 Å². The van der Waals surface area contributed by atoms with Gasteiger partial charge in [0.2, 0.25) is 0 Å². The lowest BCUT2D eigenvalue weighted by Gasteiger charge is -2.09. The average molecular weight is 266 g/mol. The number of carbonyl (C=O) groups is 1. The summed E-state index contributed by atoms with van der Waals surface area (Å²) in [5.74, 6) is -0.869. The van der Waals surface area contributed by atoms with Gasteiger partial charge in [-0.3, -0.25) is 0 Å². The van der Waals surface area contributed by atoms with Crippen molar-refractivity contribution < 1.29 is 23.6 Å². The van der Waals surface area contributed by atoms with Crippen molar-refractivity contribution in [2.75, 3.05) is 12.4 Å². The van der Waals surface area contributed by atoms with Crippen molar-refractivity contribution in [2.45, 2.75) is 6.54 Å². The van der Waals surface area contributed by atoms with E-state index in [9.17, 15) is 9.18 Å². The number of hydrogen-bond acceptors (Lipinski definition) is 5. The third kappa shape index (κ3) is 3.01. The van der Waals surface area contributed by atoms with Gasteiger partial charge in [-0.1, -0.05) is 5.16 Å². The molecule has 100 valence electrons. The van der Waals surface area contributed by atoms with Crippen molar-refractivity contribution in [2.24, 2.45) is 0 Å². The fourth-order valence-corrected chi connectivity index (χ4v) is 1.49. The molecule has 0 fully saturated rings. The summed E-state index contributed by atoms with van der Waals surface area (Å²) >= 11 is 0. The molecule has 0 aliphatic heterocycles. The van der Waals surface area contributed by atoms with Crippen LogP contribution in [-0.4, -0.2) is 23.3 Å². The molecule has 1 heterocycles. The number of nitrogens with zero attached hydrogens (tertiary/aromatic N) is 1. The first-order valence-corrected chi connectivity index (χ1v) is 5.36. The fourth-order valence-electron chi connectivity index (χ4n) is 1.49. The number of anilines is 1. The van der Waals surface area contributed by atoms with Crippen LogP contribution in [0.2, 0.25) is 0 Å². The minimum absolute atomic E-state index is 0.164. The van der Waals surface area contributed by atoms with Gasteiger partial charge in [-0.2, -0.15) is 0 Å². The highest BCUT2D eigenvalue weighted by Gasteiger charge is 2.11. The number of carboxylic acids is 1. The van der Waals surface area contributed by atoms with Crippen molar-refractivity contribution in [1.82, 2.24) is 5.16 Å². The SMILES string of the molecule is COc1cc(F)ccc1NCc1cc(C(=O)O)no1. The molecule has 0 atom stereocenters. The molecule has 0 aliphatic rings. The fraction of sp³-hybridized carbons (Fsp3) is 0.167. The number of rotatable bonds is 5. The second kappa shape index (κ2) is 5.38. The van der Waals surface area contributed by atoms with Gasteiger partial charge >= 0.3 is 5.97 Å². The lowest BCUT2D eigenvalue weighted by atomic mass is 10.2. The number of nitrogens with one attached hydrogen (secondary N) is 1. The molecule has 0 aliphatic carbocycles. The van der Waals surface area contributed by atoms with Gasteiger partial charge in [0.1, 0.15) is 11.6 Å². The molecule has 2 aromatic rings. The number of halogens is 1. The first-order chi connectivity index (χ1) is 9.10. The van der Waals surface area contributed by atoms with Gasteiger partial charge in [0.25, 0.3) is 0 Å². The second-order valence-electron chi connectivity index (χ2n) is 3.68. The van der Waals surface area contributed by atoms with Crippen LogP contribution in [0.25, 0.3) is 0 Å². The third-order valence-corrected chi connectivity index (χ3v) is 2.39. The lowest BCUT2D eigenvalue weighted by Crippen LogP contribution is -2.01. The number of carboxylic acid groups (broad SMARTS) is 1. The van der Waals surface area contributed by atoms with Crippen LogP contribution in [-0.2, 0) is 6.54 Å². The smallest absolute Gasteiger partial charge is 0.358 e. The zero-order chi connectivity index (χ0) is 13.8. The van der Waals surface area contributed by atoms with Crippen LogP contribution in [0.4, 0.5) is 10.1 Å². The van der Waals surface area contributed by atoms with E-state index < -0.39 is 11.8 Å². The van der Waals surface area contributed by atoms with Gasteiger partial charge in [-0.15, -0.1) is 0 Å². The molecular formula is C12H11FN2O4. The summed E-state index contributed by atoms with van der Waals surface area (Å²) in [6.45, 7) is 0.211. The maximum Gasteiger partial charge on any atom is 0.358 e. The van der Waals surface area contributed by atoms with Crippen LogP contribution in [0.15, 0.2) is 28.8 Å². The Morgan fingerprint density at radius 3 is 2.95 bits per heavy atom. The Morgan fingerprint density at radius 2 is 2.32 bits per heavy atom. The highest BCUT2D eigenvalue weighted by Crippen LogP contribution is 2.25. The maximum atomic E-state index is 13.0. The highest BCUT2D eigenvalue weighted by molar-refractivity contribution is 5.85. The Hall–Kier alpha value is -2.57. The molecule has 7 heteroatoms. The van der Waals surface area contributed by atoms with Gasteiger partial charge < -0.3 is 19.7 Å². The zero-order valence-corrected chi connectivity index (χ0v) is 10.0. The van der Waals surface area contributed by atoms with Crippen molar-refractivity contribution in [3.63, 3.8) is 0 Å². The van der Waals surface area contributed by atoms with Crippen LogP contribution in [0, 0.1) is 5.82 Å². The molecule has 19 heavy (non-hydrogen) atoms. The summed E-state index contributed by atoms with van der Waals surface area (Å²) in [7, 11) is 1.43. The second-order valence-corrected chi connectivity index (χ2v) is 3.68.